The van der Waals surface area contributed by atoms with Crippen molar-refractivity contribution in [1.29, 1.82) is 0 Å². The van der Waals surface area contributed by atoms with Gasteiger partial charge < -0.3 is 4.42 Å². The lowest BCUT2D eigenvalue weighted by atomic mass is 9.96. The van der Waals surface area contributed by atoms with Gasteiger partial charge in [-0.25, -0.2) is 23.2 Å². The molecule has 0 saturated heterocycles. The molecule has 5 rings (SSSR count). The Balaban J connectivity index is 0.000000617. The largest absolute Gasteiger partial charge is 0.455 e. The van der Waals surface area contributed by atoms with Crippen LogP contribution in [0, 0.1) is 10.2 Å². The molecule has 7 heteroatoms. The summed E-state index contributed by atoms with van der Waals surface area (Å²) in [5.41, 5.74) is 5.69. The van der Waals surface area contributed by atoms with Crippen LogP contribution < -0.4 is 18.6 Å². The first-order valence-corrected chi connectivity index (χ1v) is 13.0. The Bertz CT molecular complexity index is 1560. The van der Waals surface area contributed by atoms with Gasteiger partial charge in [0.1, 0.15) is 25.6 Å². The molecule has 0 radical (unpaired) electrons. The Hall–Kier alpha value is -4.04. The maximum absolute atomic E-state index is 8.49. The van der Waals surface area contributed by atoms with Gasteiger partial charge in [-0.05, 0) is 28.0 Å². The molecule has 38 heavy (non-hydrogen) atoms. The van der Waals surface area contributed by atoms with E-state index in [1.54, 1.807) is 0 Å². The van der Waals surface area contributed by atoms with Crippen LogP contribution in [0.4, 0.5) is 0 Å². The summed E-state index contributed by atoms with van der Waals surface area (Å²) in [4.78, 5) is 0. The van der Waals surface area contributed by atoms with Gasteiger partial charge in [-0.3, -0.25) is 0 Å². The van der Waals surface area contributed by atoms with Crippen molar-refractivity contribution in [3.05, 3.63) is 115 Å². The number of hydrogen-bond acceptors (Lipinski definition) is 5. The minimum Gasteiger partial charge on any atom is -0.455 e. The van der Waals surface area contributed by atoms with Crippen molar-refractivity contribution < 1.29 is 37.9 Å². The second-order valence-corrected chi connectivity index (χ2v) is 9.41. The molecular weight excluding hydrogens is 502 g/mol. The van der Waals surface area contributed by atoms with E-state index in [1.807, 2.05) is 55.2 Å². The van der Waals surface area contributed by atoms with E-state index in [9.17, 15) is 0 Å². The van der Waals surface area contributed by atoms with Crippen molar-refractivity contribution >= 4 is 23.1 Å². The van der Waals surface area contributed by atoms with E-state index in [0.717, 1.165) is 28.2 Å². The van der Waals surface area contributed by atoms with Gasteiger partial charge in [-0.15, -0.1) is 10.2 Å². The molecule has 0 saturated carbocycles. The molecule has 1 aliphatic carbocycles. The van der Waals surface area contributed by atoms with Crippen molar-refractivity contribution in [3.63, 3.8) is 0 Å². The van der Waals surface area contributed by atoms with Gasteiger partial charge in [0.05, 0.1) is 0 Å². The first-order valence-electron chi connectivity index (χ1n) is 11.8. The Kier molecular flexibility index (Phi) is 8.53. The van der Waals surface area contributed by atoms with Crippen LogP contribution >= 0.6 is 0 Å². The zero-order valence-electron chi connectivity index (χ0n) is 20.9. The normalized spacial score (nSPS) is 11.7. The lowest BCUT2D eigenvalue weighted by Gasteiger charge is -2.17. The van der Waals surface area contributed by atoms with E-state index in [4.69, 9.17) is 23.1 Å². The van der Waals surface area contributed by atoms with Gasteiger partial charge >= 0.3 is 0 Å². The highest BCUT2D eigenvalue weighted by Gasteiger charge is 2.24. The monoisotopic (exact) mass is 527 g/mol. The molecule has 3 aromatic rings. The number of allylic oxidation sites excluding steroid dienone is 3. The summed E-state index contributed by atoms with van der Waals surface area (Å²) in [5.74, 6) is 1.78. The van der Waals surface area contributed by atoms with Crippen LogP contribution in [0.15, 0.2) is 114 Å². The predicted molar refractivity (Wildman–Crippen MR) is 140 cm³/mol. The lowest BCUT2D eigenvalue weighted by Crippen LogP contribution is -2.68. The minimum absolute atomic E-state index is 0.864. The summed E-state index contributed by atoms with van der Waals surface area (Å²) in [7, 11) is -0.914. The highest BCUT2D eigenvalue weighted by molar-refractivity contribution is 6.12. The molecule has 0 bridgehead atoms. The highest BCUT2D eigenvalue weighted by Crippen LogP contribution is 2.47. The smallest absolute Gasteiger partial charge is 0.162 e. The summed E-state index contributed by atoms with van der Waals surface area (Å²) in [6, 6.07) is 31.6. The molecular formula is C31H26ClNO5. The van der Waals surface area contributed by atoms with Crippen LogP contribution in [0.3, 0.4) is 0 Å². The molecule has 3 aromatic carbocycles. The average Bonchev–Trinajstić information content (AvgIpc) is 3.21. The second-order valence-electron chi connectivity index (χ2n) is 8.65. The zero-order valence-corrected chi connectivity index (χ0v) is 21.7. The highest BCUT2D eigenvalue weighted by atomic mass is 35.7. The van der Waals surface area contributed by atoms with E-state index in [1.165, 1.54) is 21.9 Å². The average molecular weight is 528 g/mol. The van der Waals surface area contributed by atoms with Crippen molar-refractivity contribution in [3.8, 4) is 33.8 Å². The summed E-state index contributed by atoms with van der Waals surface area (Å²) in [5, 5.41) is 2.40. The minimum atomic E-state index is -4.94. The molecule has 0 N–H and O–H groups in total. The van der Waals surface area contributed by atoms with Crippen LogP contribution in [0.5, 0.6) is 0 Å². The fourth-order valence-electron chi connectivity index (χ4n) is 4.22. The lowest BCUT2D eigenvalue weighted by molar-refractivity contribution is -2.00. The Morgan fingerprint density at radius 2 is 1.24 bits per heavy atom. The maximum Gasteiger partial charge on any atom is 0.162 e. The van der Waals surface area contributed by atoms with Gasteiger partial charge in [0.25, 0.3) is 0 Å². The fourth-order valence-corrected chi connectivity index (χ4v) is 4.22. The van der Waals surface area contributed by atoms with E-state index < -0.39 is 10.2 Å². The first-order chi connectivity index (χ1) is 18.2. The summed E-state index contributed by atoms with van der Waals surface area (Å²) >= 11 is 0. The zero-order chi connectivity index (χ0) is 27.1. The number of hydrogen-bond donors (Lipinski definition) is 0. The quantitative estimate of drug-likeness (QED) is 0.198. The molecule has 1 aliphatic heterocycles. The van der Waals surface area contributed by atoms with Gasteiger partial charge in [-0.2, -0.15) is 0 Å². The van der Waals surface area contributed by atoms with Crippen LogP contribution in [0.25, 0.3) is 50.6 Å². The van der Waals surface area contributed by atoms with E-state index >= 15 is 0 Å². The third kappa shape index (κ3) is 6.83. The molecule has 0 amide bonds. The van der Waals surface area contributed by atoms with E-state index in [-0.39, 0.29) is 0 Å². The van der Waals surface area contributed by atoms with Crippen LogP contribution in [-0.2, 0) is 0 Å². The molecule has 0 aromatic heterocycles. The van der Waals surface area contributed by atoms with Crippen LogP contribution in [-0.4, -0.2) is 24.9 Å². The number of rotatable bonds is 5. The molecule has 192 valence electrons. The van der Waals surface area contributed by atoms with Gasteiger partial charge in [-0.1, -0.05) is 103 Å². The summed E-state index contributed by atoms with van der Waals surface area (Å²) in [6.45, 7) is 0. The molecule has 0 atom stereocenters. The summed E-state index contributed by atoms with van der Waals surface area (Å²) < 4.78 is 42.6. The van der Waals surface area contributed by atoms with Crippen LogP contribution in [0.1, 0.15) is 5.56 Å². The maximum atomic E-state index is 8.49. The topological polar surface area (TPSA) is 108 Å². The fraction of sp³-hybridized carbons (Fsp3) is 0.0645. The van der Waals surface area contributed by atoms with Gasteiger partial charge in [0.2, 0.25) is 0 Å². The Morgan fingerprint density at radius 1 is 0.684 bits per heavy atom. The number of nitrogens with zero attached hydrogens (tertiary/aromatic N) is 1. The summed E-state index contributed by atoms with van der Waals surface area (Å²) in [6.07, 6.45) is 10.3. The third-order valence-electron chi connectivity index (χ3n) is 5.73. The Labute approximate surface area is 223 Å². The van der Waals surface area contributed by atoms with Crippen molar-refractivity contribution in [2.75, 3.05) is 14.1 Å². The standard InChI is InChI=1S/C31H26NO.ClHO4/c1-32(2)21-13-5-10-20-27-25-18-11-12-19-26(25)30-28(23-14-6-3-7-15-23)22-29(33-31(27)30)24-16-8-4-9-17-24;2-1(3,4)5/h3-22H,1-2H3;(H,2,3,4,5)/q+1;/p-1. The van der Waals surface area contributed by atoms with E-state index in [0.29, 0.717) is 0 Å². The first kappa shape index (κ1) is 27.0. The van der Waals surface area contributed by atoms with Crippen LogP contribution in [0.2, 0.25) is 0 Å². The molecule has 0 spiro atoms. The van der Waals surface area contributed by atoms with Crippen molar-refractivity contribution in [2.24, 2.45) is 0 Å². The number of fused-ring (bicyclic) bond motifs is 3. The molecule has 6 nitrogen and oxygen atoms in total. The molecule has 2 aliphatic rings. The van der Waals surface area contributed by atoms with Crippen molar-refractivity contribution in [1.82, 2.24) is 0 Å². The molecule has 0 fully saturated rings. The predicted octanol–water partition coefficient (Wildman–Crippen LogP) is 3.03. The third-order valence-corrected chi connectivity index (χ3v) is 5.73. The van der Waals surface area contributed by atoms with Gasteiger partial charge in [0.15, 0.2) is 6.21 Å². The molecule has 0 unspecified atom stereocenters. The van der Waals surface area contributed by atoms with Gasteiger partial charge in [0, 0.05) is 22.8 Å². The van der Waals surface area contributed by atoms with Crippen molar-refractivity contribution in [2.45, 2.75) is 0 Å². The number of halogens is 1. The number of benzene rings is 3. The molecule has 1 heterocycles. The van der Waals surface area contributed by atoms with E-state index in [2.05, 4.69) is 84.9 Å². The second kappa shape index (κ2) is 12.0. The SMILES string of the molecule is C[N+](C)=CC=CC=Cc1c2oc(-c3ccccc3)cc(-c3ccccc3)c-2c2ccccc12.[O-][Cl+3]([O-])([O-])[O-]. The Morgan fingerprint density at radius 3 is 1.84 bits per heavy atom.